The van der Waals surface area contributed by atoms with Gasteiger partial charge in [0.05, 0.1) is 11.3 Å². The summed E-state index contributed by atoms with van der Waals surface area (Å²) in [5.74, 6) is -0.508. The molecule has 2 aliphatic heterocycles. The van der Waals surface area contributed by atoms with Gasteiger partial charge in [-0.1, -0.05) is 36.4 Å². The summed E-state index contributed by atoms with van der Waals surface area (Å²) < 4.78 is 24.2. The Bertz CT molecular complexity index is 750. The number of fused-ring (bicyclic) bond motifs is 2. The minimum atomic E-state index is -3.23. The van der Waals surface area contributed by atoms with Crippen molar-refractivity contribution in [3.8, 4) is 0 Å². The van der Waals surface area contributed by atoms with Crippen LogP contribution in [0.5, 0.6) is 0 Å². The highest BCUT2D eigenvalue weighted by Gasteiger charge is 2.43. The van der Waals surface area contributed by atoms with E-state index in [0.29, 0.717) is 0 Å². The summed E-state index contributed by atoms with van der Waals surface area (Å²) in [7, 11) is -3.23. The predicted octanol–water partition coefficient (Wildman–Crippen LogP) is 2.41. The lowest BCUT2D eigenvalue weighted by Crippen LogP contribution is -2.45. The van der Waals surface area contributed by atoms with Gasteiger partial charge in [0.2, 0.25) is 5.91 Å². The molecular weight excluding hydrogens is 310 g/mol. The summed E-state index contributed by atoms with van der Waals surface area (Å²) in [4.78, 5) is 14.4. The average Bonchev–Trinajstić information content (AvgIpc) is 3.34. The van der Waals surface area contributed by atoms with Gasteiger partial charge in [0.1, 0.15) is 5.75 Å². The van der Waals surface area contributed by atoms with Gasteiger partial charge in [0.25, 0.3) is 0 Å². The molecule has 1 amide bonds. The summed E-state index contributed by atoms with van der Waals surface area (Å²) in [6.07, 6.45) is 6.35. The van der Waals surface area contributed by atoms with Crippen LogP contribution in [-0.2, 0) is 14.6 Å². The Labute approximate surface area is 137 Å². The third kappa shape index (κ3) is 2.82. The molecule has 1 aromatic carbocycles. The molecule has 0 N–H and O–H groups in total. The second-order valence-corrected chi connectivity index (χ2v) is 9.15. The molecule has 2 atom stereocenters. The number of nitrogens with zero attached hydrogens (tertiary/aromatic N) is 1. The van der Waals surface area contributed by atoms with Crippen LogP contribution in [0.4, 0.5) is 0 Å². The van der Waals surface area contributed by atoms with E-state index >= 15 is 0 Å². The molecule has 4 nitrogen and oxygen atoms in total. The van der Waals surface area contributed by atoms with E-state index in [0.717, 1.165) is 32.1 Å². The minimum Gasteiger partial charge on any atom is -0.332 e. The van der Waals surface area contributed by atoms with Crippen LogP contribution >= 0.6 is 0 Å². The number of benzene rings is 1. The van der Waals surface area contributed by atoms with Gasteiger partial charge >= 0.3 is 0 Å². The third-order valence-electron chi connectivity index (χ3n) is 5.18. The highest BCUT2D eigenvalue weighted by atomic mass is 32.2. The summed E-state index contributed by atoms with van der Waals surface area (Å²) in [5.41, 5.74) is 2.49. The Morgan fingerprint density at radius 2 is 1.83 bits per heavy atom. The van der Waals surface area contributed by atoms with Crippen molar-refractivity contribution in [2.45, 2.75) is 49.4 Å². The maximum atomic E-state index is 12.6. The quantitative estimate of drug-likeness (QED) is 0.851. The number of carbonyl (C=O) groups excluding carboxylic acids is 1. The van der Waals surface area contributed by atoms with Gasteiger partial charge in [-0.2, -0.15) is 0 Å². The van der Waals surface area contributed by atoms with E-state index < -0.39 is 9.84 Å². The smallest absolute Gasteiger partial charge is 0.238 e. The fourth-order valence-electron chi connectivity index (χ4n) is 3.88. The molecule has 2 fully saturated rings. The first-order valence-corrected chi connectivity index (χ1v) is 10.0. The van der Waals surface area contributed by atoms with Crippen molar-refractivity contribution in [2.75, 3.05) is 5.75 Å². The molecule has 2 unspecified atom stereocenters. The fraction of sp³-hybridized carbons (Fsp3) is 0.500. The summed E-state index contributed by atoms with van der Waals surface area (Å²) in [6.45, 7) is 0. The Hall–Kier alpha value is -1.62. The first-order chi connectivity index (χ1) is 11.0. The molecule has 1 aliphatic carbocycles. The van der Waals surface area contributed by atoms with Gasteiger partial charge in [0, 0.05) is 6.04 Å². The lowest BCUT2D eigenvalue weighted by atomic mass is 9.95. The Kier molecular flexibility index (Phi) is 3.56. The maximum Gasteiger partial charge on any atom is 0.238 e. The van der Waals surface area contributed by atoms with E-state index in [1.165, 1.54) is 11.1 Å². The molecule has 0 spiro atoms. The summed E-state index contributed by atoms with van der Waals surface area (Å²) >= 11 is 0. The van der Waals surface area contributed by atoms with E-state index in [-0.39, 0.29) is 29.0 Å². The summed E-state index contributed by atoms with van der Waals surface area (Å²) in [6, 6.07) is 10.5. The molecule has 2 heterocycles. The topological polar surface area (TPSA) is 54.5 Å². The summed E-state index contributed by atoms with van der Waals surface area (Å²) in [5, 5.41) is -0.260. The van der Waals surface area contributed by atoms with Crippen LogP contribution in [0.2, 0.25) is 0 Å². The van der Waals surface area contributed by atoms with Crippen LogP contribution in [0.1, 0.15) is 37.7 Å². The van der Waals surface area contributed by atoms with Gasteiger partial charge in [-0.3, -0.25) is 4.79 Å². The molecule has 4 rings (SSSR count). The lowest BCUT2D eigenvalue weighted by molar-refractivity contribution is -0.130. The maximum absolute atomic E-state index is 12.6. The molecular formula is C18H21NO3S. The normalized spacial score (nSPS) is 27.0. The molecule has 1 aromatic rings. The molecule has 1 saturated carbocycles. The van der Waals surface area contributed by atoms with Crippen LogP contribution in [0, 0.1) is 0 Å². The van der Waals surface area contributed by atoms with E-state index in [2.05, 4.69) is 18.2 Å². The number of hydrogen-bond donors (Lipinski definition) is 0. The minimum absolute atomic E-state index is 0.0610. The Morgan fingerprint density at radius 3 is 2.48 bits per heavy atom. The zero-order chi connectivity index (χ0) is 16.0. The van der Waals surface area contributed by atoms with Gasteiger partial charge in [-0.05, 0) is 43.2 Å². The predicted molar refractivity (Wildman–Crippen MR) is 89.5 cm³/mol. The van der Waals surface area contributed by atoms with Crippen molar-refractivity contribution in [1.82, 2.24) is 4.90 Å². The molecule has 3 aliphatic rings. The second-order valence-electron chi connectivity index (χ2n) is 6.87. The van der Waals surface area contributed by atoms with Gasteiger partial charge in [-0.15, -0.1) is 0 Å². The molecule has 0 radical (unpaired) electrons. The Balaban J connectivity index is 1.54. The lowest BCUT2D eigenvalue weighted by Gasteiger charge is -2.34. The standard InChI is InChI=1S/C18H21NO3S/c20-18(12-23(21,22)17-8-9-17)19-15-6-7-16(19)11-14(10-15)13-4-2-1-3-5-13/h1-5,10,15-17H,6-9,11-12H2. The van der Waals surface area contributed by atoms with E-state index in [4.69, 9.17) is 0 Å². The van der Waals surface area contributed by atoms with Crippen LogP contribution in [0.25, 0.3) is 5.57 Å². The number of hydrogen-bond acceptors (Lipinski definition) is 3. The molecule has 23 heavy (non-hydrogen) atoms. The van der Waals surface area contributed by atoms with E-state index in [1.54, 1.807) is 0 Å². The van der Waals surface area contributed by atoms with Crippen LogP contribution in [0.15, 0.2) is 36.4 Å². The molecule has 1 saturated heterocycles. The molecule has 5 heteroatoms. The molecule has 122 valence electrons. The van der Waals surface area contributed by atoms with Gasteiger partial charge in [-0.25, -0.2) is 8.42 Å². The van der Waals surface area contributed by atoms with E-state index in [1.807, 2.05) is 23.1 Å². The van der Waals surface area contributed by atoms with Gasteiger partial charge in [0.15, 0.2) is 9.84 Å². The largest absolute Gasteiger partial charge is 0.332 e. The van der Waals surface area contributed by atoms with Crippen LogP contribution in [-0.4, -0.2) is 42.3 Å². The van der Waals surface area contributed by atoms with Crippen LogP contribution < -0.4 is 0 Å². The van der Waals surface area contributed by atoms with Crippen LogP contribution in [0.3, 0.4) is 0 Å². The first kappa shape index (κ1) is 14.9. The number of rotatable bonds is 4. The second kappa shape index (κ2) is 5.48. The highest BCUT2D eigenvalue weighted by Crippen LogP contribution is 2.39. The number of sulfone groups is 1. The van der Waals surface area contributed by atoms with Crippen molar-refractivity contribution in [3.63, 3.8) is 0 Å². The van der Waals surface area contributed by atoms with Crippen molar-refractivity contribution < 1.29 is 13.2 Å². The zero-order valence-corrected chi connectivity index (χ0v) is 13.8. The highest BCUT2D eigenvalue weighted by molar-refractivity contribution is 7.93. The number of amides is 1. The average molecular weight is 331 g/mol. The SMILES string of the molecule is O=C(CS(=O)(=O)C1CC1)N1C2C=C(c3ccccc3)CC1CC2. The number of carbonyl (C=O) groups is 1. The zero-order valence-electron chi connectivity index (χ0n) is 13.0. The van der Waals surface area contributed by atoms with Crippen molar-refractivity contribution in [1.29, 1.82) is 0 Å². The first-order valence-electron chi connectivity index (χ1n) is 8.33. The monoisotopic (exact) mass is 331 g/mol. The molecule has 0 aromatic heterocycles. The van der Waals surface area contributed by atoms with E-state index in [9.17, 15) is 13.2 Å². The van der Waals surface area contributed by atoms with Crippen molar-refractivity contribution in [2.24, 2.45) is 0 Å². The Morgan fingerprint density at radius 1 is 1.09 bits per heavy atom. The van der Waals surface area contributed by atoms with Crippen molar-refractivity contribution >= 4 is 21.3 Å². The fourth-order valence-corrected chi connectivity index (χ4v) is 5.46. The third-order valence-corrected chi connectivity index (χ3v) is 7.32. The van der Waals surface area contributed by atoms with Gasteiger partial charge < -0.3 is 4.90 Å². The van der Waals surface area contributed by atoms with Crippen molar-refractivity contribution in [3.05, 3.63) is 42.0 Å². The molecule has 2 bridgehead atoms.